The highest BCUT2D eigenvalue weighted by molar-refractivity contribution is 4.80. The molecule has 1 fully saturated rings. The van der Waals surface area contributed by atoms with Crippen LogP contribution in [-0.2, 0) is 9.47 Å². The van der Waals surface area contributed by atoms with Crippen molar-refractivity contribution in [1.29, 1.82) is 0 Å². The Morgan fingerprint density at radius 3 is 2.67 bits per heavy atom. The number of methoxy groups -OCH3 is 1. The quantitative estimate of drug-likeness (QED) is 0.477. The Morgan fingerprint density at radius 2 is 2.17 bits per heavy atom. The number of ether oxygens (including phenoxy) is 2. The zero-order valence-electron chi connectivity index (χ0n) is 6.88. The third-order valence-corrected chi connectivity index (χ3v) is 2.01. The molecule has 0 saturated carbocycles. The third kappa shape index (κ3) is 1.94. The normalized spacial score (nSPS) is 43.0. The molecule has 0 spiro atoms. The molecule has 5 nitrogen and oxygen atoms in total. The van der Waals surface area contributed by atoms with E-state index in [1.807, 2.05) is 0 Å². The van der Waals surface area contributed by atoms with Crippen LogP contribution in [0.3, 0.4) is 0 Å². The molecule has 0 bridgehead atoms. The molecule has 0 radical (unpaired) electrons. The Labute approximate surface area is 70.5 Å². The lowest BCUT2D eigenvalue weighted by Crippen LogP contribution is -2.49. The summed E-state index contributed by atoms with van der Waals surface area (Å²) in [6, 6.07) is 0. The van der Waals surface area contributed by atoms with Crippen molar-refractivity contribution in [2.24, 2.45) is 0 Å². The first-order valence-electron chi connectivity index (χ1n) is 3.84. The van der Waals surface area contributed by atoms with Gasteiger partial charge in [0.05, 0.1) is 18.8 Å². The van der Waals surface area contributed by atoms with Gasteiger partial charge in [-0.05, 0) is 0 Å². The van der Waals surface area contributed by atoms with Gasteiger partial charge in [-0.15, -0.1) is 0 Å². The molecule has 3 unspecified atom stereocenters. The topological polar surface area (TPSA) is 79.2 Å². The zero-order valence-corrected chi connectivity index (χ0v) is 6.88. The van der Waals surface area contributed by atoms with Gasteiger partial charge in [-0.1, -0.05) is 0 Å². The Bertz CT molecular complexity index is 140. The molecule has 1 rings (SSSR count). The van der Waals surface area contributed by atoms with Crippen LogP contribution < -0.4 is 0 Å². The lowest BCUT2D eigenvalue weighted by Gasteiger charge is -2.35. The summed E-state index contributed by atoms with van der Waals surface area (Å²) in [6.45, 7) is -0.177. The van der Waals surface area contributed by atoms with Crippen LogP contribution in [-0.4, -0.2) is 53.6 Å². The molecule has 1 aliphatic rings. The van der Waals surface area contributed by atoms with Gasteiger partial charge in [0.1, 0.15) is 6.10 Å². The first-order valence-corrected chi connectivity index (χ1v) is 3.84. The molecule has 12 heavy (non-hydrogen) atoms. The number of hydrogen-bond donors (Lipinski definition) is 3. The largest absolute Gasteiger partial charge is 0.394 e. The van der Waals surface area contributed by atoms with Crippen LogP contribution in [0.1, 0.15) is 6.42 Å². The molecule has 5 heteroatoms. The van der Waals surface area contributed by atoms with E-state index in [0.29, 0.717) is 6.42 Å². The van der Waals surface area contributed by atoms with E-state index in [-0.39, 0.29) is 6.61 Å². The molecule has 0 aromatic heterocycles. The average Bonchev–Trinajstić information content (AvgIpc) is 2.09. The monoisotopic (exact) mass is 178 g/mol. The van der Waals surface area contributed by atoms with Crippen LogP contribution in [0, 0.1) is 0 Å². The van der Waals surface area contributed by atoms with Crippen LogP contribution >= 0.6 is 0 Å². The van der Waals surface area contributed by atoms with Gasteiger partial charge in [0.25, 0.3) is 0 Å². The summed E-state index contributed by atoms with van der Waals surface area (Å²) in [5.74, 6) is 0. The number of aliphatic hydroxyl groups is 3. The minimum atomic E-state index is -1.26. The van der Waals surface area contributed by atoms with Crippen molar-refractivity contribution in [3.8, 4) is 0 Å². The minimum absolute atomic E-state index is 0.177. The van der Waals surface area contributed by atoms with Crippen molar-refractivity contribution >= 4 is 0 Å². The Balaban J connectivity index is 2.52. The predicted octanol–water partition coefficient (Wildman–Crippen LogP) is -1.54. The van der Waals surface area contributed by atoms with E-state index in [1.165, 1.54) is 7.11 Å². The first-order chi connectivity index (χ1) is 5.69. The van der Waals surface area contributed by atoms with Crippen molar-refractivity contribution in [3.63, 3.8) is 0 Å². The van der Waals surface area contributed by atoms with Crippen molar-refractivity contribution in [1.82, 2.24) is 0 Å². The molecule has 4 atom stereocenters. The Morgan fingerprint density at radius 1 is 1.50 bits per heavy atom. The van der Waals surface area contributed by atoms with Gasteiger partial charge in [-0.2, -0.15) is 0 Å². The lowest BCUT2D eigenvalue weighted by atomic mass is 10.0. The fourth-order valence-electron chi connectivity index (χ4n) is 1.27. The number of rotatable bonds is 2. The summed E-state index contributed by atoms with van der Waals surface area (Å²) in [4.78, 5) is 0. The Hall–Kier alpha value is -0.200. The van der Waals surface area contributed by atoms with Crippen molar-refractivity contribution in [2.75, 3.05) is 13.7 Å². The van der Waals surface area contributed by atoms with Gasteiger partial charge >= 0.3 is 0 Å². The SMILES string of the molecule is COC1CC(CO)O[C@@H](O)C1O. The van der Waals surface area contributed by atoms with E-state index in [2.05, 4.69) is 0 Å². The van der Waals surface area contributed by atoms with Crippen LogP contribution in [0.25, 0.3) is 0 Å². The summed E-state index contributed by atoms with van der Waals surface area (Å²) >= 11 is 0. The molecular weight excluding hydrogens is 164 g/mol. The summed E-state index contributed by atoms with van der Waals surface area (Å²) < 4.78 is 9.76. The second-order valence-corrected chi connectivity index (χ2v) is 2.83. The van der Waals surface area contributed by atoms with Crippen LogP contribution in [0.2, 0.25) is 0 Å². The third-order valence-electron chi connectivity index (χ3n) is 2.01. The number of aliphatic hydroxyl groups excluding tert-OH is 3. The standard InChI is InChI=1S/C7H14O5/c1-11-5-2-4(3-8)12-7(10)6(5)9/h4-10H,2-3H2,1H3/t4?,5?,6?,7-/m1/s1. The van der Waals surface area contributed by atoms with E-state index in [1.54, 1.807) is 0 Å². The van der Waals surface area contributed by atoms with E-state index in [4.69, 9.17) is 19.7 Å². The lowest BCUT2D eigenvalue weighted by molar-refractivity contribution is -0.256. The van der Waals surface area contributed by atoms with Crippen molar-refractivity contribution in [2.45, 2.75) is 31.0 Å². The van der Waals surface area contributed by atoms with E-state index >= 15 is 0 Å². The second-order valence-electron chi connectivity index (χ2n) is 2.83. The smallest absolute Gasteiger partial charge is 0.183 e. The van der Waals surface area contributed by atoms with Crippen LogP contribution in [0.15, 0.2) is 0 Å². The molecule has 0 aliphatic carbocycles. The Kier molecular flexibility index (Phi) is 3.42. The molecule has 1 saturated heterocycles. The molecule has 1 aliphatic heterocycles. The summed E-state index contributed by atoms with van der Waals surface area (Å²) in [6.07, 6.45) is -2.82. The molecular formula is C7H14O5. The van der Waals surface area contributed by atoms with E-state index in [9.17, 15) is 5.11 Å². The van der Waals surface area contributed by atoms with Gasteiger partial charge in [0.15, 0.2) is 6.29 Å². The fraction of sp³-hybridized carbons (Fsp3) is 1.00. The van der Waals surface area contributed by atoms with Gasteiger partial charge in [0.2, 0.25) is 0 Å². The van der Waals surface area contributed by atoms with Gasteiger partial charge < -0.3 is 24.8 Å². The second kappa shape index (κ2) is 4.15. The minimum Gasteiger partial charge on any atom is -0.394 e. The zero-order chi connectivity index (χ0) is 9.14. The van der Waals surface area contributed by atoms with Crippen LogP contribution in [0.4, 0.5) is 0 Å². The first kappa shape index (κ1) is 9.88. The summed E-state index contributed by atoms with van der Waals surface area (Å²) in [5, 5.41) is 27.1. The summed E-state index contributed by atoms with van der Waals surface area (Å²) in [7, 11) is 1.44. The van der Waals surface area contributed by atoms with E-state index < -0.39 is 24.6 Å². The highest BCUT2D eigenvalue weighted by Gasteiger charge is 2.36. The van der Waals surface area contributed by atoms with Gasteiger partial charge in [-0.3, -0.25) is 0 Å². The predicted molar refractivity (Wildman–Crippen MR) is 39.4 cm³/mol. The number of hydrogen-bond acceptors (Lipinski definition) is 5. The molecule has 72 valence electrons. The van der Waals surface area contributed by atoms with Crippen LogP contribution in [0.5, 0.6) is 0 Å². The fourth-order valence-corrected chi connectivity index (χ4v) is 1.27. The molecule has 0 aromatic carbocycles. The molecule has 0 aromatic rings. The maximum Gasteiger partial charge on any atom is 0.183 e. The van der Waals surface area contributed by atoms with Crippen molar-refractivity contribution < 1.29 is 24.8 Å². The van der Waals surface area contributed by atoms with Crippen molar-refractivity contribution in [3.05, 3.63) is 0 Å². The molecule has 0 amide bonds. The maximum atomic E-state index is 9.27. The van der Waals surface area contributed by atoms with Gasteiger partial charge in [-0.25, -0.2) is 0 Å². The maximum absolute atomic E-state index is 9.27. The highest BCUT2D eigenvalue weighted by Crippen LogP contribution is 2.20. The van der Waals surface area contributed by atoms with Gasteiger partial charge in [0, 0.05) is 13.5 Å². The highest BCUT2D eigenvalue weighted by atomic mass is 16.6. The molecule has 3 N–H and O–H groups in total. The average molecular weight is 178 g/mol. The summed E-state index contributed by atoms with van der Waals surface area (Å²) in [5.41, 5.74) is 0. The van der Waals surface area contributed by atoms with E-state index in [0.717, 1.165) is 0 Å². The molecule has 1 heterocycles.